The standard InChI is InChI=1S/2C23H21N3.C20H21N3.C19H19N3/c1-16-10-12-18(13-11-16)15-24-23-22(19-7-5-6-17(2)14-19)25-20-8-3-4-9-21(20)26-23;1-16-6-8-18(9-7-16)14-24-23-21-11-10-20(13-22(21)25-15-26-23)19-5-3-4-17(2)12-19;1-14-7-9-17(10-8-14)13-22-19-16(3)12-21-20(23-19)18-6-4-5-15(2)11-18;1-14-6-8-16(9-7-14)11-21-19-13-20-12-18(22-19)17-5-3-4-15(2)10-17/h3-14H,15H2,1-2H3,(H,24,26);3-13,15H,14H2,1-2H3,(H,24,25,26);4-12H,13H2,1-3H3,(H,21,22,23);3-10,12-13H,11H2,1-2H3,(H,21,22). The molecule has 0 atom stereocenters. The monoisotopic (exact) mass is 1270 g/mol. The number of hydrogen-bond donors (Lipinski definition) is 4. The predicted octanol–water partition coefficient (Wildman–Crippen LogP) is 20.1. The molecule has 0 fully saturated rings. The summed E-state index contributed by atoms with van der Waals surface area (Å²) < 4.78 is 0. The molecule has 0 amide bonds. The van der Waals surface area contributed by atoms with Crippen LogP contribution < -0.4 is 21.3 Å². The van der Waals surface area contributed by atoms with Gasteiger partial charge in [0.1, 0.15) is 29.5 Å². The molecule has 97 heavy (non-hydrogen) atoms. The quantitative estimate of drug-likeness (QED) is 0.0729. The third kappa shape index (κ3) is 19.0. The predicted molar refractivity (Wildman–Crippen MR) is 403 cm³/mol. The molecule has 0 saturated heterocycles. The van der Waals surface area contributed by atoms with Crippen molar-refractivity contribution in [1.82, 2.24) is 39.9 Å². The van der Waals surface area contributed by atoms with E-state index in [0.29, 0.717) is 6.54 Å². The van der Waals surface area contributed by atoms with Gasteiger partial charge in [-0.25, -0.2) is 34.9 Å². The van der Waals surface area contributed by atoms with Crippen LogP contribution in [-0.2, 0) is 26.2 Å². The molecule has 482 valence electrons. The summed E-state index contributed by atoms with van der Waals surface area (Å²) in [6.07, 6.45) is 7.06. The number of nitrogens with zero attached hydrogens (tertiary/aromatic N) is 8. The van der Waals surface area contributed by atoms with E-state index in [1.807, 2.05) is 55.6 Å². The van der Waals surface area contributed by atoms with Crippen LogP contribution in [-0.4, -0.2) is 39.9 Å². The Bertz CT molecular complexity index is 4920. The first kappa shape index (κ1) is 66.7. The van der Waals surface area contributed by atoms with Crippen molar-refractivity contribution < 1.29 is 0 Å². The van der Waals surface area contributed by atoms with Crippen molar-refractivity contribution in [3.63, 3.8) is 0 Å². The number of hydrogen-bond acceptors (Lipinski definition) is 12. The molecule has 0 radical (unpaired) electrons. The smallest absolute Gasteiger partial charge is 0.161 e. The minimum atomic E-state index is 0.714. The van der Waals surface area contributed by atoms with Gasteiger partial charge >= 0.3 is 0 Å². The number of para-hydroxylation sites is 2. The van der Waals surface area contributed by atoms with Gasteiger partial charge in [-0.3, -0.25) is 4.98 Å². The Kier molecular flexibility index (Phi) is 22.3. The molecule has 14 aromatic rings. The van der Waals surface area contributed by atoms with E-state index >= 15 is 0 Å². The van der Waals surface area contributed by atoms with Crippen LogP contribution >= 0.6 is 0 Å². The fourth-order valence-electron chi connectivity index (χ4n) is 10.8. The number of nitrogens with one attached hydrogen (secondary N) is 4. The van der Waals surface area contributed by atoms with Crippen LogP contribution in [0, 0.1) is 62.3 Å². The highest BCUT2D eigenvalue weighted by atomic mass is 15.0. The Morgan fingerprint density at radius 2 is 0.742 bits per heavy atom. The highest BCUT2D eigenvalue weighted by Crippen LogP contribution is 2.30. The highest BCUT2D eigenvalue weighted by Gasteiger charge is 2.13. The lowest BCUT2D eigenvalue weighted by Gasteiger charge is -2.13. The molecule has 0 aliphatic heterocycles. The Hall–Kier alpha value is -11.8. The molecule has 0 saturated carbocycles. The second-order valence-electron chi connectivity index (χ2n) is 24.7. The minimum Gasteiger partial charge on any atom is -0.366 e. The van der Waals surface area contributed by atoms with Crippen molar-refractivity contribution in [3.8, 4) is 45.0 Å². The Labute approximate surface area is 570 Å². The molecular weight excluding hydrogens is 1190 g/mol. The lowest BCUT2D eigenvalue weighted by Crippen LogP contribution is -2.05. The van der Waals surface area contributed by atoms with Gasteiger partial charge in [-0.2, -0.15) is 0 Å². The fourth-order valence-corrected chi connectivity index (χ4v) is 10.8. The maximum atomic E-state index is 4.89. The van der Waals surface area contributed by atoms with Crippen LogP contribution in [0.2, 0.25) is 0 Å². The summed E-state index contributed by atoms with van der Waals surface area (Å²) in [5, 5.41) is 14.7. The van der Waals surface area contributed by atoms with E-state index in [4.69, 9.17) is 15.0 Å². The SMILES string of the molecule is Cc1ccc(CNc2cncc(-c3cccc(C)c3)n2)cc1.Cc1ccc(CNc2nc(-c3cccc(C)c3)ncc2C)cc1.Cc1ccc(CNc2nc3ccccc3nc2-c2cccc(C)c2)cc1.Cc1ccc(CNc2ncnc3cc(-c4cccc(C)c4)ccc23)cc1. The molecule has 0 bridgehead atoms. The number of aryl methyl sites for hydroxylation is 9. The second kappa shape index (κ2) is 32.4. The lowest BCUT2D eigenvalue weighted by atomic mass is 10.0. The van der Waals surface area contributed by atoms with Gasteiger partial charge in [0.15, 0.2) is 11.6 Å². The molecule has 0 aliphatic rings. The molecule has 4 aromatic heterocycles. The molecule has 10 aromatic carbocycles. The van der Waals surface area contributed by atoms with Crippen molar-refractivity contribution in [3.05, 3.63) is 334 Å². The molecule has 0 spiro atoms. The summed E-state index contributed by atoms with van der Waals surface area (Å²) in [4.78, 5) is 36.7. The number of rotatable bonds is 16. The van der Waals surface area contributed by atoms with Gasteiger partial charge in [0.25, 0.3) is 0 Å². The van der Waals surface area contributed by atoms with Gasteiger partial charge in [-0.1, -0.05) is 239 Å². The minimum absolute atomic E-state index is 0.714. The Balaban J connectivity index is 0.000000131. The van der Waals surface area contributed by atoms with Crippen LogP contribution in [0.25, 0.3) is 67.0 Å². The Morgan fingerprint density at radius 1 is 0.289 bits per heavy atom. The largest absolute Gasteiger partial charge is 0.366 e. The van der Waals surface area contributed by atoms with Gasteiger partial charge in [0.2, 0.25) is 0 Å². The third-order valence-corrected chi connectivity index (χ3v) is 16.4. The van der Waals surface area contributed by atoms with Crippen LogP contribution in [0.3, 0.4) is 0 Å². The molecule has 12 nitrogen and oxygen atoms in total. The average molecular weight is 1270 g/mol. The maximum absolute atomic E-state index is 4.89. The van der Waals surface area contributed by atoms with Crippen molar-refractivity contribution in [1.29, 1.82) is 0 Å². The van der Waals surface area contributed by atoms with E-state index in [9.17, 15) is 0 Å². The molecule has 0 aliphatic carbocycles. The summed E-state index contributed by atoms with van der Waals surface area (Å²) >= 11 is 0. The first-order valence-corrected chi connectivity index (χ1v) is 32.8. The number of fused-ring (bicyclic) bond motifs is 2. The summed E-state index contributed by atoms with van der Waals surface area (Å²) in [6, 6.07) is 81.9. The summed E-state index contributed by atoms with van der Waals surface area (Å²) in [5.74, 6) is 4.11. The lowest BCUT2D eigenvalue weighted by molar-refractivity contribution is 1.06. The van der Waals surface area contributed by atoms with Gasteiger partial charge < -0.3 is 21.3 Å². The molecule has 12 heteroatoms. The number of aromatic nitrogens is 8. The van der Waals surface area contributed by atoms with Gasteiger partial charge in [0.05, 0.1) is 34.6 Å². The zero-order valence-corrected chi connectivity index (χ0v) is 56.7. The fraction of sp³-hybridized carbons (Fsp3) is 0.153. The Morgan fingerprint density at radius 3 is 1.30 bits per heavy atom. The normalized spacial score (nSPS) is 10.7. The molecule has 14 rings (SSSR count). The molecule has 4 N–H and O–H groups in total. The van der Waals surface area contributed by atoms with Crippen molar-refractivity contribution in [2.45, 2.75) is 88.5 Å². The highest BCUT2D eigenvalue weighted by molar-refractivity contribution is 5.92. The number of anilines is 4. The maximum Gasteiger partial charge on any atom is 0.161 e. The first-order valence-electron chi connectivity index (χ1n) is 32.8. The van der Waals surface area contributed by atoms with E-state index < -0.39 is 0 Å². The van der Waals surface area contributed by atoms with Crippen molar-refractivity contribution >= 4 is 45.2 Å². The molecule has 0 unspecified atom stereocenters. The van der Waals surface area contributed by atoms with E-state index in [-0.39, 0.29) is 0 Å². The number of benzene rings is 10. The van der Waals surface area contributed by atoms with Crippen LogP contribution in [0.15, 0.2) is 262 Å². The van der Waals surface area contributed by atoms with E-state index in [0.717, 1.165) is 104 Å². The second-order valence-corrected chi connectivity index (χ2v) is 24.7. The van der Waals surface area contributed by atoms with Gasteiger partial charge in [0, 0.05) is 60.0 Å². The van der Waals surface area contributed by atoms with E-state index in [1.165, 1.54) is 77.9 Å². The first-order chi connectivity index (χ1) is 47.2. The van der Waals surface area contributed by atoms with Crippen molar-refractivity contribution in [2.24, 2.45) is 0 Å². The van der Waals surface area contributed by atoms with Gasteiger partial charge in [-0.15, -0.1) is 0 Å². The molecule has 4 heterocycles. The zero-order chi connectivity index (χ0) is 67.5. The summed E-state index contributed by atoms with van der Waals surface area (Å²) in [7, 11) is 0. The van der Waals surface area contributed by atoms with E-state index in [2.05, 4.69) is 296 Å². The summed E-state index contributed by atoms with van der Waals surface area (Å²) in [6.45, 7) is 21.7. The third-order valence-electron chi connectivity index (χ3n) is 16.4. The van der Waals surface area contributed by atoms with Gasteiger partial charge in [-0.05, 0) is 138 Å². The van der Waals surface area contributed by atoms with Crippen molar-refractivity contribution in [2.75, 3.05) is 21.3 Å². The van der Waals surface area contributed by atoms with Crippen LogP contribution in [0.4, 0.5) is 23.3 Å². The van der Waals surface area contributed by atoms with Crippen LogP contribution in [0.1, 0.15) is 72.3 Å². The zero-order valence-electron chi connectivity index (χ0n) is 56.7. The molecular formula is C85H82N12. The summed E-state index contributed by atoms with van der Waals surface area (Å²) in [5.41, 5.74) is 26.1. The topological polar surface area (TPSA) is 151 Å². The average Bonchev–Trinajstić information content (AvgIpc) is 0.835. The van der Waals surface area contributed by atoms with E-state index in [1.54, 1.807) is 18.7 Å². The van der Waals surface area contributed by atoms with Crippen LogP contribution in [0.5, 0.6) is 0 Å².